The van der Waals surface area contributed by atoms with Gasteiger partial charge in [-0.05, 0) is 31.5 Å². The van der Waals surface area contributed by atoms with E-state index in [0.717, 1.165) is 11.0 Å². The molecule has 0 radical (unpaired) electrons. The second kappa shape index (κ2) is 9.27. The molecule has 0 unspecified atom stereocenters. The van der Waals surface area contributed by atoms with Gasteiger partial charge in [0.15, 0.2) is 5.82 Å². The number of aromatic nitrogens is 5. The van der Waals surface area contributed by atoms with E-state index in [4.69, 9.17) is 5.41 Å². The van der Waals surface area contributed by atoms with Crippen molar-refractivity contribution in [1.82, 2.24) is 25.0 Å². The van der Waals surface area contributed by atoms with Gasteiger partial charge in [-0.3, -0.25) is 9.78 Å². The number of allylic oxidation sites excluding steroid dienone is 1. The molecular formula is C20H16F3N9O. The summed E-state index contributed by atoms with van der Waals surface area (Å²) in [4.78, 5) is 21.8. The third-order valence-corrected chi connectivity index (χ3v) is 4.51. The molecule has 3 aromatic heterocycles. The van der Waals surface area contributed by atoms with Crippen molar-refractivity contribution in [3.63, 3.8) is 0 Å². The van der Waals surface area contributed by atoms with Crippen molar-refractivity contribution < 1.29 is 18.0 Å². The van der Waals surface area contributed by atoms with E-state index in [1.807, 2.05) is 6.07 Å². The highest BCUT2D eigenvalue weighted by Crippen LogP contribution is 2.31. The van der Waals surface area contributed by atoms with Crippen LogP contribution in [0.2, 0.25) is 0 Å². The average Bonchev–Trinajstić information content (AvgIpc) is 3.30. The minimum absolute atomic E-state index is 0.0264. The largest absolute Gasteiger partial charge is 0.432 e. The van der Waals surface area contributed by atoms with Crippen LogP contribution in [0, 0.1) is 30.6 Å². The van der Waals surface area contributed by atoms with Gasteiger partial charge in [-0.2, -0.15) is 28.6 Å². The van der Waals surface area contributed by atoms with Crippen LogP contribution in [0.5, 0.6) is 0 Å². The molecule has 3 heterocycles. The van der Waals surface area contributed by atoms with Gasteiger partial charge in [-0.15, -0.1) is 4.80 Å². The standard InChI is InChI=1S/C20H16F3N9O/c1-11-12(2)26-4-3-16(11)31-17(20(21,22)23)15(9-25)19(33)30-14-7-13(8-24)18(27-10-14)32-28-5-6-29-32/h3-7,9-10,25H,1-2H3,(H,26,31)(H,30,33)/b17-15+,25-9?. The molecule has 33 heavy (non-hydrogen) atoms. The Hall–Kier alpha value is -4.60. The van der Waals surface area contributed by atoms with Crippen LogP contribution in [0.15, 0.2) is 48.2 Å². The topological polar surface area (TPSA) is 145 Å². The van der Waals surface area contributed by atoms with Gasteiger partial charge >= 0.3 is 6.18 Å². The Labute approximate surface area is 185 Å². The fourth-order valence-corrected chi connectivity index (χ4v) is 2.74. The summed E-state index contributed by atoms with van der Waals surface area (Å²) in [6.45, 7) is 3.21. The highest BCUT2D eigenvalue weighted by atomic mass is 19.4. The van der Waals surface area contributed by atoms with E-state index in [-0.39, 0.29) is 22.8 Å². The Morgan fingerprint density at radius 2 is 1.88 bits per heavy atom. The quantitative estimate of drug-likeness (QED) is 0.382. The molecule has 1 amide bonds. The number of amides is 1. The molecule has 0 bridgehead atoms. The fraction of sp³-hybridized carbons (Fsp3) is 0.150. The van der Waals surface area contributed by atoms with Gasteiger partial charge in [0.05, 0.1) is 29.9 Å². The lowest BCUT2D eigenvalue weighted by Gasteiger charge is -2.19. The lowest BCUT2D eigenvalue weighted by molar-refractivity contribution is -0.114. The number of rotatable bonds is 6. The summed E-state index contributed by atoms with van der Waals surface area (Å²) in [5.41, 5.74) is -1.42. The number of nitrogens with one attached hydrogen (secondary N) is 3. The summed E-state index contributed by atoms with van der Waals surface area (Å²) in [7, 11) is 0. The van der Waals surface area contributed by atoms with Crippen molar-refractivity contribution in [2.24, 2.45) is 0 Å². The van der Waals surface area contributed by atoms with E-state index >= 15 is 0 Å². The number of carbonyl (C=O) groups is 1. The molecular weight excluding hydrogens is 439 g/mol. The third-order valence-electron chi connectivity index (χ3n) is 4.51. The van der Waals surface area contributed by atoms with Crippen LogP contribution in [0.3, 0.4) is 0 Å². The number of hydrogen-bond donors (Lipinski definition) is 3. The van der Waals surface area contributed by atoms with Gasteiger partial charge in [0.25, 0.3) is 5.91 Å². The maximum absolute atomic E-state index is 13.8. The van der Waals surface area contributed by atoms with Gasteiger partial charge < -0.3 is 16.0 Å². The van der Waals surface area contributed by atoms with Crippen molar-refractivity contribution in [3.8, 4) is 11.9 Å². The zero-order chi connectivity index (χ0) is 24.2. The fourth-order valence-electron chi connectivity index (χ4n) is 2.74. The number of pyridine rings is 2. The summed E-state index contributed by atoms with van der Waals surface area (Å²) < 4.78 is 41.4. The van der Waals surface area contributed by atoms with Crippen molar-refractivity contribution >= 4 is 23.5 Å². The second-order valence-electron chi connectivity index (χ2n) is 6.60. The van der Waals surface area contributed by atoms with Gasteiger partial charge in [0.1, 0.15) is 17.3 Å². The predicted octanol–water partition coefficient (Wildman–Crippen LogP) is 3.06. The summed E-state index contributed by atoms with van der Waals surface area (Å²) in [5.74, 6) is -1.14. The summed E-state index contributed by atoms with van der Waals surface area (Å²) in [6.07, 6.45) is 0.535. The first kappa shape index (κ1) is 23.1. The molecule has 0 spiro atoms. The normalized spacial score (nSPS) is 11.9. The molecule has 3 N–H and O–H groups in total. The Kier molecular flexibility index (Phi) is 6.48. The lowest BCUT2D eigenvalue weighted by Crippen LogP contribution is -2.28. The number of anilines is 2. The number of nitrogens with zero attached hydrogens (tertiary/aromatic N) is 6. The first-order chi connectivity index (χ1) is 15.7. The van der Waals surface area contributed by atoms with Crippen molar-refractivity contribution in [3.05, 3.63) is 65.0 Å². The van der Waals surface area contributed by atoms with Crippen LogP contribution < -0.4 is 10.6 Å². The number of aryl methyl sites for hydroxylation is 1. The zero-order valence-electron chi connectivity index (χ0n) is 17.3. The van der Waals surface area contributed by atoms with E-state index in [1.165, 1.54) is 30.7 Å². The second-order valence-corrected chi connectivity index (χ2v) is 6.60. The Bertz CT molecular complexity index is 1270. The highest BCUT2D eigenvalue weighted by Gasteiger charge is 2.38. The van der Waals surface area contributed by atoms with Gasteiger partial charge in [0, 0.05) is 23.8 Å². The summed E-state index contributed by atoms with van der Waals surface area (Å²) in [5, 5.41) is 29.0. The van der Waals surface area contributed by atoms with Crippen molar-refractivity contribution in [2.45, 2.75) is 20.0 Å². The Morgan fingerprint density at radius 3 is 2.48 bits per heavy atom. The molecule has 0 aliphatic heterocycles. The molecule has 168 valence electrons. The van der Waals surface area contributed by atoms with Crippen LogP contribution in [0.1, 0.15) is 16.8 Å². The first-order valence-electron chi connectivity index (χ1n) is 9.25. The molecule has 3 aromatic rings. The molecule has 0 aliphatic carbocycles. The average molecular weight is 455 g/mol. The van der Waals surface area contributed by atoms with E-state index in [1.54, 1.807) is 13.8 Å². The van der Waals surface area contributed by atoms with E-state index in [9.17, 15) is 23.2 Å². The van der Waals surface area contributed by atoms with E-state index in [2.05, 4.69) is 30.8 Å². The molecule has 0 saturated carbocycles. The molecule has 13 heteroatoms. The van der Waals surface area contributed by atoms with Crippen molar-refractivity contribution in [1.29, 1.82) is 10.7 Å². The van der Waals surface area contributed by atoms with Crippen LogP contribution in [0.4, 0.5) is 24.5 Å². The smallest absolute Gasteiger partial charge is 0.350 e. The zero-order valence-corrected chi connectivity index (χ0v) is 17.3. The van der Waals surface area contributed by atoms with Crippen LogP contribution in [0.25, 0.3) is 5.82 Å². The number of halogens is 3. The SMILES string of the molecule is Cc1nccc(N/C(=C(\C=N)C(=O)Nc2cnc(-n3nccn3)c(C#N)c2)C(F)(F)F)c1C. The molecule has 0 saturated heterocycles. The summed E-state index contributed by atoms with van der Waals surface area (Å²) >= 11 is 0. The van der Waals surface area contributed by atoms with E-state index < -0.39 is 23.4 Å². The monoisotopic (exact) mass is 455 g/mol. The number of hydrogen-bond acceptors (Lipinski definition) is 8. The van der Waals surface area contributed by atoms with Crippen LogP contribution >= 0.6 is 0 Å². The highest BCUT2D eigenvalue weighted by molar-refractivity contribution is 6.18. The molecule has 0 atom stereocenters. The molecule has 3 rings (SSSR count). The maximum Gasteiger partial charge on any atom is 0.432 e. The molecule has 10 nitrogen and oxygen atoms in total. The predicted molar refractivity (Wildman–Crippen MR) is 112 cm³/mol. The molecule has 0 aliphatic rings. The first-order valence-corrected chi connectivity index (χ1v) is 9.25. The summed E-state index contributed by atoms with van der Waals surface area (Å²) in [6, 6.07) is 4.40. The Balaban J connectivity index is 1.97. The van der Waals surface area contributed by atoms with Crippen LogP contribution in [-0.4, -0.2) is 43.3 Å². The number of nitriles is 1. The number of alkyl halides is 3. The third kappa shape index (κ3) is 5.01. The Morgan fingerprint density at radius 1 is 1.18 bits per heavy atom. The molecule has 0 fully saturated rings. The van der Waals surface area contributed by atoms with Crippen LogP contribution in [-0.2, 0) is 4.79 Å². The van der Waals surface area contributed by atoms with E-state index in [0.29, 0.717) is 17.5 Å². The maximum atomic E-state index is 13.8. The number of carbonyl (C=O) groups excluding carboxylic acids is 1. The van der Waals surface area contributed by atoms with Gasteiger partial charge in [-0.1, -0.05) is 0 Å². The minimum Gasteiger partial charge on any atom is -0.350 e. The van der Waals surface area contributed by atoms with Gasteiger partial charge in [0.2, 0.25) is 0 Å². The van der Waals surface area contributed by atoms with Crippen molar-refractivity contribution in [2.75, 3.05) is 10.6 Å². The molecule has 0 aromatic carbocycles. The van der Waals surface area contributed by atoms with Gasteiger partial charge in [-0.25, -0.2) is 4.98 Å². The lowest BCUT2D eigenvalue weighted by atomic mass is 10.1. The minimum atomic E-state index is -4.97.